The molecule has 0 aliphatic rings. The van der Waals surface area contributed by atoms with E-state index < -0.39 is 0 Å². The van der Waals surface area contributed by atoms with Crippen molar-refractivity contribution in [2.45, 2.75) is 6.54 Å². The van der Waals surface area contributed by atoms with Crippen molar-refractivity contribution in [1.82, 2.24) is 4.57 Å². The number of hydrogen-bond acceptors (Lipinski definition) is 3. The highest BCUT2D eigenvalue weighted by molar-refractivity contribution is 6.30. The van der Waals surface area contributed by atoms with Crippen LogP contribution in [-0.2, 0) is 6.54 Å². The van der Waals surface area contributed by atoms with Crippen LogP contribution in [0.15, 0.2) is 47.4 Å². The van der Waals surface area contributed by atoms with Crippen molar-refractivity contribution < 1.29 is 9.47 Å². The maximum atomic E-state index is 11.9. The van der Waals surface area contributed by atoms with E-state index in [0.29, 0.717) is 23.9 Å². The fraction of sp³-hybridized carbons (Fsp3) is 0.214. The Morgan fingerprint density at radius 1 is 1.21 bits per heavy atom. The number of benzene rings is 1. The molecular formula is C14H14ClNO3. The molecule has 4 nitrogen and oxygen atoms in total. The van der Waals surface area contributed by atoms with Gasteiger partial charge in [0.2, 0.25) is 0 Å². The van der Waals surface area contributed by atoms with E-state index in [1.165, 1.54) is 7.11 Å². The lowest BCUT2D eigenvalue weighted by Crippen LogP contribution is -2.23. The first kappa shape index (κ1) is 13.5. The molecule has 19 heavy (non-hydrogen) atoms. The molecule has 0 aliphatic carbocycles. The van der Waals surface area contributed by atoms with Crippen molar-refractivity contribution in [1.29, 1.82) is 0 Å². The Hall–Kier alpha value is -1.94. The minimum atomic E-state index is -0.162. The summed E-state index contributed by atoms with van der Waals surface area (Å²) in [6, 6.07) is 10.5. The predicted molar refractivity (Wildman–Crippen MR) is 74.2 cm³/mol. The Balaban J connectivity index is 1.96. The standard InChI is InChI=1S/C14H14ClNO3/c1-18-13-3-2-8-16(14(13)17)9-10-19-12-6-4-11(15)5-7-12/h2-8H,9-10H2,1H3. The first-order chi connectivity index (χ1) is 9.20. The fourth-order valence-corrected chi connectivity index (χ4v) is 1.76. The summed E-state index contributed by atoms with van der Waals surface area (Å²) in [6.07, 6.45) is 1.70. The van der Waals surface area contributed by atoms with Gasteiger partial charge in [0.1, 0.15) is 12.4 Å². The molecule has 1 aromatic heterocycles. The maximum absolute atomic E-state index is 11.9. The molecule has 0 spiro atoms. The van der Waals surface area contributed by atoms with Gasteiger partial charge in [0.25, 0.3) is 5.56 Å². The van der Waals surface area contributed by atoms with Crippen LogP contribution >= 0.6 is 11.6 Å². The van der Waals surface area contributed by atoms with Crippen LogP contribution in [0.5, 0.6) is 11.5 Å². The molecule has 0 atom stereocenters. The molecule has 0 N–H and O–H groups in total. The van der Waals surface area contributed by atoms with Crippen LogP contribution < -0.4 is 15.0 Å². The average Bonchev–Trinajstić information content (AvgIpc) is 2.43. The highest BCUT2D eigenvalue weighted by Gasteiger charge is 2.02. The Kier molecular flexibility index (Phi) is 4.47. The van der Waals surface area contributed by atoms with Gasteiger partial charge in [-0.2, -0.15) is 0 Å². The Morgan fingerprint density at radius 2 is 1.95 bits per heavy atom. The second kappa shape index (κ2) is 6.29. The summed E-state index contributed by atoms with van der Waals surface area (Å²) in [7, 11) is 1.48. The summed E-state index contributed by atoms with van der Waals surface area (Å²) < 4.78 is 12.1. The van der Waals surface area contributed by atoms with E-state index in [0.717, 1.165) is 5.75 Å². The maximum Gasteiger partial charge on any atom is 0.292 e. The van der Waals surface area contributed by atoms with Crippen LogP contribution in [0.2, 0.25) is 5.02 Å². The summed E-state index contributed by atoms with van der Waals surface area (Å²) in [4.78, 5) is 11.9. The molecule has 0 aliphatic heterocycles. The van der Waals surface area contributed by atoms with Crippen molar-refractivity contribution in [3.05, 3.63) is 58.0 Å². The SMILES string of the molecule is COc1cccn(CCOc2ccc(Cl)cc2)c1=O. The average molecular weight is 280 g/mol. The Morgan fingerprint density at radius 3 is 2.63 bits per heavy atom. The molecule has 0 unspecified atom stereocenters. The van der Waals surface area contributed by atoms with E-state index in [2.05, 4.69) is 0 Å². The summed E-state index contributed by atoms with van der Waals surface area (Å²) in [5, 5.41) is 0.663. The molecule has 100 valence electrons. The van der Waals surface area contributed by atoms with Crippen LogP contribution in [0.3, 0.4) is 0 Å². The molecule has 1 heterocycles. The Labute approximate surface area is 116 Å². The van der Waals surface area contributed by atoms with E-state index in [4.69, 9.17) is 21.1 Å². The van der Waals surface area contributed by atoms with Gasteiger partial charge in [0.15, 0.2) is 5.75 Å². The molecule has 0 saturated heterocycles. The smallest absolute Gasteiger partial charge is 0.292 e. The molecule has 0 bridgehead atoms. The predicted octanol–water partition coefficient (Wildman–Crippen LogP) is 2.59. The molecule has 1 aromatic carbocycles. The van der Waals surface area contributed by atoms with Crippen LogP contribution in [0.4, 0.5) is 0 Å². The van der Waals surface area contributed by atoms with Crippen molar-refractivity contribution in [3.8, 4) is 11.5 Å². The number of pyridine rings is 1. The van der Waals surface area contributed by atoms with E-state index in [-0.39, 0.29) is 5.56 Å². The molecule has 2 rings (SSSR count). The second-order valence-corrected chi connectivity index (χ2v) is 4.31. The lowest BCUT2D eigenvalue weighted by molar-refractivity contribution is 0.294. The molecular weight excluding hydrogens is 266 g/mol. The largest absolute Gasteiger partial charge is 0.492 e. The molecule has 0 amide bonds. The number of aromatic nitrogens is 1. The summed E-state index contributed by atoms with van der Waals surface area (Å²) >= 11 is 5.78. The van der Waals surface area contributed by atoms with Gasteiger partial charge in [0.05, 0.1) is 13.7 Å². The molecule has 0 saturated carbocycles. The summed E-state index contributed by atoms with van der Waals surface area (Å²) in [5.41, 5.74) is -0.162. The lowest BCUT2D eigenvalue weighted by Gasteiger charge is -2.09. The normalized spacial score (nSPS) is 10.2. The number of nitrogens with zero attached hydrogens (tertiary/aromatic N) is 1. The number of halogens is 1. The van der Waals surface area contributed by atoms with Gasteiger partial charge in [-0.15, -0.1) is 0 Å². The van der Waals surface area contributed by atoms with Gasteiger partial charge in [0, 0.05) is 11.2 Å². The first-order valence-electron chi connectivity index (χ1n) is 5.82. The monoisotopic (exact) mass is 279 g/mol. The van der Waals surface area contributed by atoms with Crippen LogP contribution in [-0.4, -0.2) is 18.3 Å². The molecule has 2 aromatic rings. The highest BCUT2D eigenvalue weighted by Crippen LogP contribution is 2.15. The highest BCUT2D eigenvalue weighted by atomic mass is 35.5. The van der Waals surface area contributed by atoms with Gasteiger partial charge in [-0.25, -0.2) is 0 Å². The lowest BCUT2D eigenvalue weighted by atomic mass is 10.3. The number of methoxy groups -OCH3 is 1. The fourth-order valence-electron chi connectivity index (χ4n) is 1.64. The van der Waals surface area contributed by atoms with Gasteiger partial charge in [-0.1, -0.05) is 11.6 Å². The van der Waals surface area contributed by atoms with Crippen molar-refractivity contribution in [2.24, 2.45) is 0 Å². The topological polar surface area (TPSA) is 40.5 Å². The van der Waals surface area contributed by atoms with Crippen molar-refractivity contribution >= 4 is 11.6 Å². The zero-order valence-electron chi connectivity index (χ0n) is 10.5. The van der Waals surface area contributed by atoms with Crippen molar-refractivity contribution in [3.63, 3.8) is 0 Å². The number of ether oxygens (including phenoxy) is 2. The van der Waals surface area contributed by atoms with E-state index in [1.807, 2.05) is 0 Å². The van der Waals surface area contributed by atoms with Crippen molar-refractivity contribution in [2.75, 3.05) is 13.7 Å². The van der Waals surface area contributed by atoms with E-state index in [1.54, 1.807) is 47.2 Å². The minimum Gasteiger partial charge on any atom is -0.492 e. The van der Waals surface area contributed by atoms with Gasteiger partial charge >= 0.3 is 0 Å². The van der Waals surface area contributed by atoms with Gasteiger partial charge in [-0.05, 0) is 36.4 Å². The summed E-state index contributed by atoms with van der Waals surface area (Å²) in [6.45, 7) is 0.855. The molecule has 5 heteroatoms. The van der Waals surface area contributed by atoms with Gasteiger partial charge < -0.3 is 14.0 Å². The van der Waals surface area contributed by atoms with Crippen LogP contribution in [0, 0.1) is 0 Å². The minimum absolute atomic E-state index is 0.162. The molecule has 0 radical (unpaired) electrons. The molecule has 0 fully saturated rings. The third kappa shape index (κ3) is 3.51. The summed E-state index contributed by atoms with van der Waals surface area (Å²) in [5.74, 6) is 1.05. The quantitative estimate of drug-likeness (QED) is 0.845. The van der Waals surface area contributed by atoms with Crippen LogP contribution in [0.25, 0.3) is 0 Å². The zero-order valence-corrected chi connectivity index (χ0v) is 11.3. The third-order valence-corrected chi connectivity index (χ3v) is 2.87. The third-order valence-electron chi connectivity index (χ3n) is 2.62. The zero-order chi connectivity index (χ0) is 13.7. The Bertz CT molecular complexity index is 592. The first-order valence-corrected chi connectivity index (χ1v) is 6.20. The second-order valence-electron chi connectivity index (χ2n) is 3.88. The number of hydrogen-bond donors (Lipinski definition) is 0. The van der Waals surface area contributed by atoms with E-state index >= 15 is 0 Å². The van der Waals surface area contributed by atoms with Crippen LogP contribution in [0.1, 0.15) is 0 Å². The van der Waals surface area contributed by atoms with Gasteiger partial charge in [-0.3, -0.25) is 4.79 Å². The number of rotatable bonds is 5. The van der Waals surface area contributed by atoms with E-state index in [9.17, 15) is 4.79 Å².